The molecule has 2 aliphatic rings. The molecule has 0 aliphatic carbocycles. The molecule has 1 saturated heterocycles. The minimum atomic E-state index is -1.27. The maximum atomic E-state index is 14.0. The first-order chi connectivity index (χ1) is 10.2. The van der Waals surface area contributed by atoms with Gasteiger partial charge in [-0.3, -0.25) is 9.78 Å². The van der Waals surface area contributed by atoms with Crippen LogP contribution >= 0.6 is 11.8 Å². The van der Waals surface area contributed by atoms with Gasteiger partial charge in [0.2, 0.25) is 0 Å². The first-order valence-corrected chi connectivity index (χ1v) is 7.56. The van der Waals surface area contributed by atoms with Crippen molar-refractivity contribution in [1.29, 1.82) is 0 Å². The third-order valence-corrected chi connectivity index (χ3v) is 4.61. The maximum absolute atomic E-state index is 14.0. The highest BCUT2D eigenvalue weighted by Gasteiger charge is 2.39. The average molecular weight is 307 g/mol. The van der Waals surface area contributed by atoms with E-state index < -0.39 is 5.67 Å². The second kappa shape index (κ2) is 4.88. The Kier molecular flexibility index (Phi) is 3.00. The monoisotopic (exact) mass is 307 g/mol. The molecule has 2 aliphatic heterocycles. The van der Waals surface area contributed by atoms with Crippen molar-refractivity contribution in [2.75, 3.05) is 18.1 Å². The van der Waals surface area contributed by atoms with Crippen LogP contribution in [0.2, 0.25) is 0 Å². The van der Waals surface area contributed by atoms with Crippen LogP contribution in [0.5, 0.6) is 0 Å². The van der Waals surface area contributed by atoms with Crippen LogP contribution in [0.25, 0.3) is 0 Å². The standard InChI is InChI=1S/C13H14FN5OS/c14-13(8-20-9-13)7-18-6-11(5-17-18)19-1-2-21-12(19)10-3-15-16-4-10/h1-6,12H,7-9H2,(H,15,16). The Morgan fingerprint density at radius 2 is 2.38 bits per heavy atom. The van der Waals surface area contributed by atoms with Gasteiger partial charge in [-0.2, -0.15) is 10.2 Å². The normalized spacial score (nSPS) is 23.5. The summed E-state index contributed by atoms with van der Waals surface area (Å²) in [5.41, 5.74) is 0.751. The van der Waals surface area contributed by atoms with Gasteiger partial charge < -0.3 is 9.64 Å². The topological polar surface area (TPSA) is 59.0 Å². The van der Waals surface area contributed by atoms with Crippen LogP contribution < -0.4 is 4.90 Å². The Labute approximate surface area is 125 Å². The van der Waals surface area contributed by atoms with Crippen molar-refractivity contribution in [2.24, 2.45) is 0 Å². The van der Waals surface area contributed by atoms with Gasteiger partial charge in [-0.1, -0.05) is 0 Å². The molecule has 6 nitrogen and oxygen atoms in total. The van der Waals surface area contributed by atoms with Crippen LogP contribution in [0.4, 0.5) is 10.1 Å². The van der Waals surface area contributed by atoms with Gasteiger partial charge in [0, 0.05) is 24.2 Å². The zero-order valence-corrected chi connectivity index (χ0v) is 12.0. The largest absolute Gasteiger partial charge is 0.374 e. The number of anilines is 1. The number of thioether (sulfide) groups is 1. The van der Waals surface area contributed by atoms with Crippen LogP contribution in [0, 0.1) is 0 Å². The van der Waals surface area contributed by atoms with E-state index >= 15 is 0 Å². The molecule has 2 aromatic rings. The Morgan fingerprint density at radius 3 is 3.10 bits per heavy atom. The van der Waals surface area contributed by atoms with Crippen molar-refractivity contribution in [2.45, 2.75) is 17.6 Å². The predicted molar refractivity (Wildman–Crippen MR) is 77.4 cm³/mol. The van der Waals surface area contributed by atoms with E-state index in [0.29, 0.717) is 0 Å². The minimum absolute atomic E-state index is 0.132. The van der Waals surface area contributed by atoms with Gasteiger partial charge in [-0.15, -0.1) is 11.8 Å². The van der Waals surface area contributed by atoms with E-state index in [4.69, 9.17) is 4.74 Å². The fourth-order valence-corrected chi connectivity index (χ4v) is 3.41. The maximum Gasteiger partial charge on any atom is 0.176 e. The SMILES string of the molecule is FC1(Cn2cc(N3C=CSC3c3cn[nH]c3)cn2)COC1. The Balaban J connectivity index is 1.53. The smallest absolute Gasteiger partial charge is 0.176 e. The van der Waals surface area contributed by atoms with E-state index in [1.165, 1.54) is 0 Å². The van der Waals surface area contributed by atoms with Gasteiger partial charge >= 0.3 is 0 Å². The van der Waals surface area contributed by atoms with E-state index in [1.54, 1.807) is 22.6 Å². The third-order valence-electron chi connectivity index (χ3n) is 3.57. The summed E-state index contributed by atoms with van der Waals surface area (Å²) in [6.45, 7) is 0.534. The average Bonchev–Trinajstić information content (AvgIpc) is 3.17. The van der Waals surface area contributed by atoms with Gasteiger partial charge in [-0.05, 0) is 5.41 Å². The van der Waals surface area contributed by atoms with Crippen molar-refractivity contribution in [3.8, 4) is 0 Å². The number of rotatable bonds is 4. The first-order valence-electron chi connectivity index (χ1n) is 6.62. The number of alkyl halides is 1. The van der Waals surface area contributed by atoms with Gasteiger partial charge in [-0.25, -0.2) is 4.39 Å². The number of nitrogens with one attached hydrogen (secondary N) is 1. The zero-order chi connectivity index (χ0) is 14.3. The lowest BCUT2D eigenvalue weighted by molar-refractivity contribution is -0.138. The molecule has 0 radical (unpaired) electrons. The molecule has 0 bridgehead atoms. The molecule has 0 aromatic carbocycles. The number of nitrogens with zero attached hydrogens (tertiary/aromatic N) is 4. The fraction of sp³-hybridized carbons (Fsp3) is 0.385. The second-order valence-corrected chi connectivity index (χ2v) is 6.24. The molecule has 1 atom stereocenters. The molecule has 0 saturated carbocycles. The van der Waals surface area contributed by atoms with Crippen molar-refractivity contribution in [1.82, 2.24) is 20.0 Å². The van der Waals surface area contributed by atoms with E-state index in [9.17, 15) is 4.39 Å². The number of aromatic nitrogens is 4. The Hall–Kier alpha value is -1.80. The zero-order valence-electron chi connectivity index (χ0n) is 11.1. The van der Waals surface area contributed by atoms with E-state index in [0.717, 1.165) is 11.3 Å². The van der Waals surface area contributed by atoms with Gasteiger partial charge in [0.05, 0.1) is 37.8 Å². The highest BCUT2D eigenvalue weighted by Crippen LogP contribution is 2.41. The summed E-state index contributed by atoms with van der Waals surface area (Å²) in [6.07, 6.45) is 9.31. The molecular formula is C13H14FN5OS. The highest BCUT2D eigenvalue weighted by atomic mass is 32.2. The molecule has 4 heterocycles. The van der Waals surface area contributed by atoms with Crippen LogP contribution in [0.3, 0.4) is 0 Å². The van der Waals surface area contributed by atoms with Gasteiger partial charge in [0.1, 0.15) is 5.37 Å². The van der Waals surface area contributed by atoms with Gasteiger partial charge in [0.25, 0.3) is 0 Å². The van der Waals surface area contributed by atoms with Crippen molar-refractivity contribution in [3.05, 3.63) is 42.0 Å². The van der Waals surface area contributed by atoms with Crippen molar-refractivity contribution < 1.29 is 9.13 Å². The second-order valence-electron chi connectivity index (χ2n) is 5.25. The Bertz CT molecular complexity index is 651. The summed E-state index contributed by atoms with van der Waals surface area (Å²) in [5.74, 6) is 0. The summed E-state index contributed by atoms with van der Waals surface area (Å²) in [7, 11) is 0. The molecule has 8 heteroatoms. The molecule has 110 valence electrons. The number of hydrogen-bond acceptors (Lipinski definition) is 5. The molecule has 21 heavy (non-hydrogen) atoms. The molecule has 0 spiro atoms. The summed E-state index contributed by atoms with van der Waals surface area (Å²) in [4.78, 5) is 2.10. The van der Waals surface area contributed by atoms with Crippen LogP contribution in [-0.2, 0) is 11.3 Å². The number of aromatic amines is 1. The molecule has 1 N–H and O–H groups in total. The third kappa shape index (κ3) is 2.34. The predicted octanol–water partition coefficient (Wildman–Crippen LogP) is 2.07. The molecule has 4 rings (SSSR count). The van der Waals surface area contributed by atoms with Gasteiger partial charge in [0.15, 0.2) is 5.67 Å². The highest BCUT2D eigenvalue weighted by molar-refractivity contribution is 8.02. The summed E-state index contributed by atoms with van der Waals surface area (Å²) >= 11 is 1.70. The van der Waals surface area contributed by atoms with E-state index in [-0.39, 0.29) is 25.1 Å². The first kappa shape index (κ1) is 12.9. The summed E-state index contributed by atoms with van der Waals surface area (Å²) in [5, 5.41) is 13.2. The van der Waals surface area contributed by atoms with Crippen molar-refractivity contribution >= 4 is 17.4 Å². The van der Waals surface area contributed by atoms with Crippen LogP contribution in [-0.4, -0.2) is 38.9 Å². The number of halogens is 1. The molecular weight excluding hydrogens is 293 g/mol. The fourth-order valence-electron chi connectivity index (χ4n) is 2.45. The quantitative estimate of drug-likeness (QED) is 0.937. The molecule has 0 amide bonds. The number of ether oxygens (including phenoxy) is 1. The number of H-pyrrole nitrogens is 1. The minimum Gasteiger partial charge on any atom is -0.374 e. The summed E-state index contributed by atoms with van der Waals surface area (Å²) in [6, 6.07) is 0. The molecule has 2 aromatic heterocycles. The van der Waals surface area contributed by atoms with Crippen LogP contribution in [0.1, 0.15) is 10.9 Å². The lowest BCUT2D eigenvalue weighted by Gasteiger charge is -2.33. The lowest BCUT2D eigenvalue weighted by Crippen LogP contribution is -2.48. The molecule has 1 unspecified atom stereocenters. The molecule has 1 fully saturated rings. The Morgan fingerprint density at radius 1 is 1.48 bits per heavy atom. The lowest BCUT2D eigenvalue weighted by atomic mass is 10.1. The summed E-state index contributed by atoms with van der Waals surface area (Å²) < 4.78 is 20.6. The van der Waals surface area contributed by atoms with Crippen molar-refractivity contribution in [3.63, 3.8) is 0 Å². The number of hydrogen-bond donors (Lipinski definition) is 1. The van der Waals surface area contributed by atoms with E-state index in [2.05, 4.69) is 20.2 Å². The van der Waals surface area contributed by atoms with E-state index in [1.807, 2.05) is 30.2 Å². The van der Waals surface area contributed by atoms with Crippen LogP contribution in [0.15, 0.2) is 36.4 Å².